The topological polar surface area (TPSA) is 66.9 Å². The lowest BCUT2D eigenvalue weighted by atomic mass is 10.0. The number of benzene rings is 3. The number of anilines is 1. The van der Waals surface area contributed by atoms with E-state index in [2.05, 4.69) is 0 Å². The predicted molar refractivity (Wildman–Crippen MR) is 120 cm³/mol. The van der Waals surface area contributed by atoms with Crippen molar-refractivity contribution in [1.82, 2.24) is 4.31 Å². The summed E-state index contributed by atoms with van der Waals surface area (Å²) in [5.74, 6) is -0.391. The lowest BCUT2D eigenvalue weighted by Crippen LogP contribution is -2.50. The molecule has 32 heavy (non-hydrogen) atoms. The van der Waals surface area contributed by atoms with Crippen LogP contribution in [0.3, 0.4) is 0 Å². The summed E-state index contributed by atoms with van der Waals surface area (Å²) in [6.45, 7) is 0.536. The normalized spacial score (nSPS) is 17.9. The number of ether oxygens (including phenoxy) is 1. The minimum atomic E-state index is -3.75. The molecule has 0 bridgehead atoms. The van der Waals surface area contributed by atoms with Gasteiger partial charge < -0.3 is 4.74 Å². The number of hydrogen-bond donors (Lipinski definition) is 0. The van der Waals surface area contributed by atoms with Crippen LogP contribution in [0.5, 0.6) is 0 Å². The molecule has 2 aliphatic heterocycles. The summed E-state index contributed by atoms with van der Waals surface area (Å²) < 4.78 is 47.1. The van der Waals surface area contributed by atoms with Crippen molar-refractivity contribution in [1.29, 1.82) is 0 Å². The number of cyclic esters (lactones) is 1. The van der Waals surface area contributed by atoms with Crippen LogP contribution in [-0.2, 0) is 21.4 Å². The van der Waals surface area contributed by atoms with Gasteiger partial charge in [0.25, 0.3) is 0 Å². The Morgan fingerprint density at radius 2 is 1.72 bits per heavy atom. The summed E-state index contributed by atoms with van der Waals surface area (Å²) in [4.78, 5) is 14.2. The SMILES string of the molecule is O=C1OCc2cc(F)ccc2N1C1CCN(S(=O)(=O)c2cccc3c(Cl)cccc23)CC1. The summed E-state index contributed by atoms with van der Waals surface area (Å²) in [5, 5.41) is 1.76. The zero-order chi connectivity index (χ0) is 22.5. The smallest absolute Gasteiger partial charge is 0.414 e. The highest BCUT2D eigenvalue weighted by atomic mass is 35.5. The molecule has 1 amide bonds. The van der Waals surface area contributed by atoms with Gasteiger partial charge in [-0.25, -0.2) is 17.6 Å². The van der Waals surface area contributed by atoms with Gasteiger partial charge in [0.2, 0.25) is 10.0 Å². The molecule has 2 heterocycles. The Morgan fingerprint density at radius 3 is 2.50 bits per heavy atom. The molecule has 0 spiro atoms. The highest BCUT2D eigenvalue weighted by Gasteiger charge is 2.37. The van der Waals surface area contributed by atoms with Crippen molar-refractivity contribution in [3.63, 3.8) is 0 Å². The van der Waals surface area contributed by atoms with Crippen LogP contribution in [-0.4, -0.2) is 37.9 Å². The maximum atomic E-state index is 13.6. The second-order valence-corrected chi connectivity index (χ2v) is 10.2. The number of halogens is 2. The Hall–Kier alpha value is -2.68. The Bertz CT molecular complexity index is 1320. The van der Waals surface area contributed by atoms with Gasteiger partial charge in [-0.1, -0.05) is 35.9 Å². The van der Waals surface area contributed by atoms with Gasteiger partial charge in [0.15, 0.2) is 0 Å². The zero-order valence-corrected chi connectivity index (χ0v) is 18.6. The van der Waals surface area contributed by atoms with Gasteiger partial charge in [-0.05, 0) is 43.2 Å². The van der Waals surface area contributed by atoms with Gasteiger partial charge in [-0.2, -0.15) is 4.31 Å². The second-order valence-electron chi connectivity index (χ2n) is 7.92. The Morgan fingerprint density at radius 1 is 1.00 bits per heavy atom. The number of piperidine rings is 1. The fraction of sp³-hybridized carbons (Fsp3) is 0.261. The molecule has 0 unspecified atom stereocenters. The first kappa shape index (κ1) is 21.2. The third-order valence-corrected chi connectivity index (χ3v) is 8.37. The highest BCUT2D eigenvalue weighted by Crippen LogP contribution is 2.35. The van der Waals surface area contributed by atoms with Gasteiger partial charge in [0.05, 0.1) is 10.6 Å². The molecule has 3 aromatic rings. The molecule has 6 nitrogen and oxygen atoms in total. The Kier molecular flexibility index (Phi) is 5.31. The molecule has 2 aliphatic rings. The van der Waals surface area contributed by atoms with E-state index in [0.29, 0.717) is 39.9 Å². The number of fused-ring (bicyclic) bond motifs is 2. The van der Waals surface area contributed by atoms with Crippen molar-refractivity contribution in [3.05, 3.63) is 71.0 Å². The molecule has 0 atom stereocenters. The van der Waals surface area contributed by atoms with E-state index in [0.717, 1.165) is 0 Å². The summed E-state index contributed by atoms with van der Waals surface area (Å²) in [7, 11) is -3.75. The molecule has 9 heteroatoms. The standard InChI is InChI=1S/C23H20ClFN2O4S/c24-20-5-1-4-19-18(20)3-2-6-22(19)32(29,30)26-11-9-17(10-12-26)27-21-8-7-16(25)13-15(21)14-31-23(27)28/h1-8,13,17H,9-12,14H2. The molecule has 0 aromatic heterocycles. The molecule has 1 fully saturated rings. The highest BCUT2D eigenvalue weighted by molar-refractivity contribution is 7.89. The van der Waals surface area contributed by atoms with Crippen LogP contribution >= 0.6 is 11.6 Å². The molecule has 5 rings (SSSR count). The third kappa shape index (κ3) is 3.52. The average Bonchev–Trinajstić information content (AvgIpc) is 2.79. The molecule has 3 aromatic carbocycles. The van der Waals surface area contributed by atoms with Crippen molar-refractivity contribution in [2.45, 2.75) is 30.4 Å². The van der Waals surface area contributed by atoms with Gasteiger partial charge in [0, 0.05) is 40.5 Å². The average molecular weight is 475 g/mol. The molecule has 0 N–H and O–H groups in total. The van der Waals surface area contributed by atoms with Gasteiger partial charge in [-0.3, -0.25) is 4.90 Å². The fourth-order valence-electron chi connectivity index (χ4n) is 4.51. The van der Waals surface area contributed by atoms with Crippen molar-refractivity contribution < 1.29 is 22.3 Å². The molecular weight excluding hydrogens is 455 g/mol. The first-order valence-electron chi connectivity index (χ1n) is 10.3. The Labute approximate surface area is 190 Å². The number of carbonyl (C=O) groups excluding carboxylic acids is 1. The van der Waals surface area contributed by atoms with Gasteiger partial charge in [0.1, 0.15) is 12.4 Å². The van der Waals surface area contributed by atoms with E-state index in [9.17, 15) is 17.6 Å². The van der Waals surface area contributed by atoms with E-state index < -0.39 is 21.9 Å². The molecule has 0 aliphatic carbocycles. The largest absolute Gasteiger partial charge is 0.444 e. The van der Waals surface area contributed by atoms with Crippen LogP contribution in [0.4, 0.5) is 14.9 Å². The number of amides is 1. The van der Waals surface area contributed by atoms with Crippen LogP contribution in [0.1, 0.15) is 18.4 Å². The summed E-state index contributed by atoms with van der Waals surface area (Å²) in [6.07, 6.45) is 0.391. The van der Waals surface area contributed by atoms with E-state index in [4.69, 9.17) is 16.3 Å². The van der Waals surface area contributed by atoms with E-state index >= 15 is 0 Å². The van der Waals surface area contributed by atoms with E-state index in [-0.39, 0.29) is 30.6 Å². The maximum Gasteiger partial charge on any atom is 0.414 e. The summed E-state index contributed by atoms with van der Waals surface area (Å²) in [5.41, 5.74) is 1.22. The minimum Gasteiger partial charge on any atom is -0.444 e. The number of hydrogen-bond acceptors (Lipinski definition) is 4. The van der Waals surface area contributed by atoms with Gasteiger partial charge in [-0.15, -0.1) is 0 Å². The third-order valence-electron chi connectivity index (χ3n) is 6.08. The van der Waals surface area contributed by atoms with E-state index in [1.165, 1.54) is 21.3 Å². The van der Waals surface area contributed by atoms with Crippen molar-refractivity contribution in [3.8, 4) is 0 Å². The fourth-order valence-corrected chi connectivity index (χ4v) is 6.42. The van der Waals surface area contributed by atoms with Crippen LogP contribution in [0.2, 0.25) is 5.02 Å². The zero-order valence-electron chi connectivity index (χ0n) is 17.0. The molecule has 0 saturated carbocycles. The molecule has 1 saturated heterocycles. The number of rotatable bonds is 3. The van der Waals surface area contributed by atoms with Crippen LogP contribution in [0.15, 0.2) is 59.5 Å². The van der Waals surface area contributed by atoms with E-state index in [1.54, 1.807) is 42.5 Å². The van der Waals surface area contributed by atoms with E-state index in [1.807, 2.05) is 0 Å². The number of nitrogens with zero attached hydrogens (tertiary/aromatic N) is 2. The molecule has 166 valence electrons. The van der Waals surface area contributed by atoms with Crippen LogP contribution in [0.25, 0.3) is 10.8 Å². The van der Waals surface area contributed by atoms with Crippen molar-refractivity contribution >= 4 is 44.2 Å². The van der Waals surface area contributed by atoms with Gasteiger partial charge >= 0.3 is 6.09 Å². The summed E-state index contributed by atoms with van der Waals surface area (Å²) in [6, 6.07) is 14.3. The number of sulfonamides is 1. The van der Waals surface area contributed by atoms with Crippen LogP contribution in [0, 0.1) is 5.82 Å². The summed E-state index contributed by atoms with van der Waals surface area (Å²) >= 11 is 6.25. The monoisotopic (exact) mass is 474 g/mol. The molecule has 0 radical (unpaired) electrons. The first-order chi connectivity index (χ1) is 15.4. The van der Waals surface area contributed by atoms with Crippen molar-refractivity contribution in [2.75, 3.05) is 18.0 Å². The second kappa shape index (κ2) is 8.03. The predicted octanol–water partition coefficient (Wildman–Crippen LogP) is 4.94. The Balaban J connectivity index is 1.40. The lowest BCUT2D eigenvalue weighted by molar-refractivity contribution is 0.135. The first-order valence-corrected chi connectivity index (χ1v) is 12.1. The quantitative estimate of drug-likeness (QED) is 0.539. The lowest BCUT2D eigenvalue weighted by Gasteiger charge is -2.39. The minimum absolute atomic E-state index is 0.0271. The van der Waals surface area contributed by atoms with Crippen molar-refractivity contribution in [2.24, 2.45) is 0 Å². The number of carbonyl (C=O) groups is 1. The maximum absolute atomic E-state index is 13.6. The molecular formula is C23H20ClFN2O4S. The van der Waals surface area contributed by atoms with Crippen LogP contribution < -0.4 is 4.90 Å².